The molecule has 0 saturated carbocycles. The van der Waals surface area contributed by atoms with E-state index in [2.05, 4.69) is 20.7 Å². The van der Waals surface area contributed by atoms with Crippen LogP contribution < -0.4 is 4.72 Å². The molecule has 0 unspecified atom stereocenters. The first-order valence-corrected chi connectivity index (χ1v) is 7.77. The second-order valence-electron chi connectivity index (χ2n) is 3.69. The Hall–Kier alpha value is -1.11. The second-order valence-corrected chi connectivity index (χ2v) is 6.69. The maximum atomic E-state index is 13.6. The molecule has 0 aromatic heterocycles. The van der Waals surface area contributed by atoms with Crippen molar-refractivity contribution in [3.05, 3.63) is 57.8 Å². The van der Waals surface area contributed by atoms with Crippen LogP contribution in [0.2, 0.25) is 5.02 Å². The topological polar surface area (TPSA) is 46.2 Å². The molecule has 3 nitrogen and oxygen atoms in total. The zero-order chi connectivity index (χ0) is 14.0. The van der Waals surface area contributed by atoms with Gasteiger partial charge in [0.1, 0.15) is 10.7 Å². The fourth-order valence-electron chi connectivity index (χ4n) is 1.42. The Kier molecular flexibility index (Phi) is 4.13. The molecule has 2 aromatic carbocycles. The Morgan fingerprint density at radius 3 is 2.32 bits per heavy atom. The molecule has 0 aliphatic carbocycles. The highest BCUT2D eigenvalue weighted by Crippen LogP contribution is 2.22. The third kappa shape index (κ3) is 3.46. The molecule has 0 atom stereocenters. The van der Waals surface area contributed by atoms with Crippen LogP contribution >= 0.6 is 27.5 Å². The van der Waals surface area contributed by atoms with E-state index >= 15 is 0 Å². The first-order valence-electron chi connectivity index (χ1n) is 5.12. The summed E-state index contributed by atoms with van der Waals surface area (Å²) in [6, 6.07) is 9.82. The summed E-state index contributed by atoms with van der Waals surface area (Å²) in [5.74, 6) is -0.823. The molecule has 0 aliphatic heterocycles. The highest BCUT2D eigenvalue weighted by atomic mass is 79.9. The maximum absolute atomic E-state index is 13.6. The van der Waals surface area contributed by atoms with Crippen molar-refractivity contribution in [3.63, 3.8) is 0 Å². The molecule has 19 heavy (non-hydrogen) atoms. The molecule has 0 saturated heterocycles. The number of nitrogens with one attached hydrogen (secondary N) is 1. The molecule has 0 bridgehead atoms. The van der Waals surface area contributed by atoms with Gasteiger partial charge in [0.2, 0.25) is 0 Å². The zero-order valence-electron chi connectivity index (χ0n) is 9.40. The van der Waals surface area contributed by atoms with E-state index < -0.39 is 20.7 Å². The summed E-state index contributed by atoms with van der Waals surface area (Å²) in [6.07, 6.45) is 0. The van der Waals surface area contributed by atoms with Gasteiger partial charge in [-0.3, -0.25) is 4.72 Å². The van der Waals surface area contributed by atoms with Gasteiger partial charge < -0.3 is 0 Å². The summed E-state index contributed by atoms with van der Waals surface area (Å²) in [4.78, 5) is -0.411. The van der Waals surface area contributed by atoms with Crippen molar-refractivity contribution >= 4 is 43.2 Å². The smallest absolute Gasteiger partial charge is 0.264 e. The molecule has 2 aromatic rings. The number of benzene rings is 2. The van der Waals surface area contributed by atoms with Crippen molar-refractivity contribution in [2.75, 3.05) is 4.72 Å². The van der Waals surface area contributed by atoms with Crippen molar-refractivity contribution < 1.29 is 12.8 Å². The summed E-state index contributed by atoms with van der Waals surface area (Å²) in [6.45, 7) is 0. The van der Waals surface area contributed by atoms with Gasteiger partial charge in [-0.25, -0.2) is 12.8 Å². The molecule has 2 rings (SSSR count). The number of rotatable bonds is 3. The van der Waals surface area contributed by atoms with Crippen molar-refractivity contribution in [1.29, 1.82) is 0 Å². The van der Waals surface area contributed by atoms with Crippen LogP contribution in [-0.4, -0.2) is 8.42 Å². The Morgan fingerprint density at radius 2 is 1.74 bits per heavy atom. The van der Waals surface area contributed by atoms with Crippen LogP contribution in [0, 0.1) is 5.82 Å². The standard InChI is InChI=1S/C12H8BrClFNO2S/c13-8-1-6-12(11(15)7-8)19(17,18)16-10-4-2-9(14)3-5-10/h1-7,16H. The van der Waals surface area contributed by atoms with Crippen LogP contribution in [0.4, 0.5) is 10.1 Å². The molecule has 0 amide bonds. The van der Waals surface area contributed by atoms with Crippen molar-refractivity contribution in [3.8, 4) is 0 Å². The van der Waals surface area contributed by atoms with Crippen LogP contribution in [0.1, 0.15) is 0 Å². The minimum atomic E-state index is -3.96. The van der Waals surface area contributed by atoms with E-state index in [-0.39, 0.29) is 0 Å². The summed E-state index contributed by atoms with van der Waals surface area (Å²) >= 11 is 8.77. The van der Waals surface area contributed by atoms with Crippen LogP contribution in [0.25, 0.3) is 0 Å². The Labute approximate surface area is 123 Å². The SMILES string of the molecule is O=S(=O)(Nc1ccc(Cl)cc1)c1ccc(Br)cc1F. The lowest BCUT2D eigenvalue weighted by Gasteiger charge is -2.09. The first-order chi connectivity index (χ1) is 8.88. The van der Waals surface area contributed by atoms with Crippen LogP contribution in [-0.2, 0) is 10.0 Å². The molecule has 100 valence electrons. The van der Waals surface area contributed by atoms with Gasteiger partial charge in [0.25, 0.3) is 10.0 Å². The summed E-state index contributed by atoms with van der Waals surface area (Å²) < 4.78 is 40.4. The van der Waals surface area contributed by atoms with Gasteiger partial charge in [0, 0.05) is 15.2 Å². The van der Waals surface area contributed by atoms with Gasteiger partial charge in [-0.2, -0.15) is 0 Å². The Morgan fingerprint density at radius 1 is 1.11 bits per heavy atom. The van der Waals surface area contributed by atoms with Crippen LogP contribution in [0.5, 0.6) is 0 Å². The fourth-order valence-corrected chi connectivity index (χ4v) is 3.00. The predicted octanol–water partition coefficient (Wildman–Crippen LogP) is 4.04. The average molecular weight is 365 g/mol. The molecule has 0 spiro atoms. The summed E-state index contributed by atoms with van der Waals surface area (Å²) in [5.41, 5.74) is 0.312. The number of hydrogen-bond donors (Lipinski definition) is 1. The lowest BCUT2D eigenvalue weighted by atomic mass is 10.3. The zero-order valence-corrected chi connectivity index (χ0v) is 12.6. The highest BCUT2D eigenvalue weighted by molar-refractivity contribution is 9.10. The Balaban J connectivity index is 2.35. The summed E-state index contributed by atoms with van der Waals surface area (Å²) in [5, 5.41) is 0.484. The normalized spacial score (nSPS) is 11.3. The number of anilines is 1. The highest BCUT2D eigenvalue weighted by Gasteiger charge is 2.19. The monoisotopic (exact) mass is 363 g/mol. The van der Waals surface area contributed by atoms with Crippen LogP contribution in [0.3, 0.4) is 0 Å². The van der Waals surface area contributed by atoms with E-state index in [4.69, 9.17) is 11.6 Å². The van der Waals surface area contributed by atoms with Gasteiger partial charge in [-0.1, -0.05) is 27.5 Å². The summed E-state index contributed by atoms with van der Waals surface area (Å²) in [7, 11) is -3.96. The van der Waals surface area contributed by atoms with Crippen molar-refractivity contribution in [1.82, 2.24) is 0 Å². The van der Waals surface area contributed by atoms with Crippen molar-refractivity contribution in [2.24, 2.45) is 0 Å². The number of hydrogen-bond acceptors (Lipinski definition) is 2. The molecule has 1 N–H and O–H groups in total. The lowest BCUT2D eigenvalue weighted by molar-refractivity contribution is 0.570. The lowest BCUT2D eigenvalue weighted by Crippen LogP contribution is -2.14. The van der Waals surface area contributed by atoms with E-state index in [0.29, 0.717) is 15.2 Å². The largest absolute Gasteiger partial charge is 0.280 e. The first kappa shape index (κ1) is 14.3. The van der Waals surface area contributed by atoms with E-state index in [1.807, 2.05) is 0 Å². The van der Waals surface area contributed by atoms with Crippen LogP contribution in [0.15, 0.2) is 51.8 Å². The number of halogens is 3. The molecule has 0 fully saturated rings. The van der Waals surface area contributed by atoms with E-state index in [9.17, 15) is 12.8 Å². The van der Waals surface area contributed by atoms with E-state index in [1.54, 1.807) is 0 Å². The fraction of sp³-hybridized carbons (Fsp3) is 0. The minimum absolute atomic E-state index is 0.312. The van der Waals surface area contributed by atoms with E-state index in [1.165, 1.54) is 36.4 Å². The van der Waals surface area contributed by atoms with Gasteiger partial charge in [0.05, 0.1) is 0 Å². The molecular formula is C12H8BrClFNO2S. The van der Waals surface area contributed by atoms with Gasteiger partial charge in [-0.15, -0.1) is 0 Å². The Bertz CT molecular complexity index is 704. The third-order valence-electron chi connectivity index (χ3n) is 2.28. The number of sulfonamides is 1. The quantitative estimate of drug-likeness (QED) is 0.893. The second kappa shape index (κ2) is 5.48. The van der Waals surface area contributed by atoms with Gasteiger partial charge >= 0.3 is 0 Å². The van der Waals surface area contributed by atoms with Crippen molar-refractivity contribution in [2.45, 2.75) is 4.90 Å². The molecule has 0 aliphatic rings. The third-order valence-corrected chi connectivity index (χ3v) is 4.44. The minimum Gasteiger partial charge on any atom is -0.280 e. The van der Waals surface area contributed by atoms with Gasteiger partial charge in [-0.05, 0) is 42.5 Å². The molecule has 7 heteroatoms. The maximum Gasteiger partial charge on any atom is 0.264 e. The molecule has 0 radical (unpaired) electrons. The van der Waals surface area contributed by atoms with E-state index in [0.717, 1.165) is 6.07 Å². The van der Waals surface area contributed by atoms with Gasteiger partial charge in [0.15, 0.2) is 0 Å². The molecule has 0 heterocycles. The average Bonchev–Trinajstić information content (AvgIpc) is 2.31. The predicted molar refractivity (Wildman–Crippen MR) is 76.4 cm³/mol. The molecular weight excluding hydrogens is 357 g/mol.